The molecular formula is C22H44BN5O7. The Morgan fingerprint density at radius 2 is 1.66 bits per heavy atom. The second-order valence-corrected chi connectivity index (χ2v) is 9.32. The molecule has 0 aliphatic heterocycles. The number of amides is 1. The van der Waals surface area contributed by atoms with E-state index in [2.05, 4.69) is 10.3 Å². The predicted octanol–water partition coefficient (Wildman–Crippen LogP) is 1.09. The summed E-state index contributed by atoms with van der Waals surface area (Å²) in [4.78, 5) is 39.6. The van der Waals surface area contributed by atoms with Crippen LogP contribution in [0, 0.1) is 22.0 Å². The Bertz CT molecular complexity index is 650. The highest BCUT2D eigenvalue weighted by atomic mass is 16.7. The highest BCUT2D eigenvalue weighted by molar-refractivity contribution is 6.43. The van der Waals surface area contributed by atoms with Crippen molar-refractivity contribution in [2.75, 3.05) is 13.2 Å². The molecule has 0 aromatic rings. The summed E-state index contributed by atoms with van der Waals surface area (Å²) >= 11 is 0. The number of aliphatic hydroxyl groups excluding tert-OH is 1. The summed E-state index contributed by atoms with van der Waals surface area (Å²) in [5, 5.41) is 40.2. The van der Waals surface area contributed by atoms with Gasteiger partial charge in [-0.1, -0.05) is 51.4 Å². The Morgan fingerprint density at radius 3 is 2.20 bits per heavy atom. The van der Waals surface area contributed by atoms with Gasteiger partial charge >= 0.3 is 7.12 Å². The SMILES string of the molecule is CC(C)C[C@H](NC(=O)[C@H](CCCN=C(N)N[N+](=O)[O-])CC(=O)CCCCCCCCCO)B(O)O. The average Bonchev–Trinajstić information content (AvgIpc) is 2.76. The van der Waals surface area contributed by atoms with Crippen molar-refractivity contribution >= 4 is 24.8 Å². The first-order valence-corrected chi connectivity index (χ1v) is 12.6. The largest absolute Gasteiger partial charge is 0.475 e. The van der Waals surface area contributed by atoms with Crippen LogP contribution in [0.15, 0.2) is 4.99 Å². The zero-order valence-corrected chi connectivity index (χ0v) is 21.2. The molecule has 0 rings (SSSR count). The number of aliphatic imine (C=N–C) groups is 1. The molecule has 0 radical (unpaired) electrons. The Hall–Kier alpha value is -2.25. The fourth-order valence-electron chi connectivity index (χ4n) is 3.75. The third-order valence-electron chi connectivity index (χ3n) is 5.57. The monoisotopic (exact) mass is 501 g/mol. The van der Waals surface area contributed by atoms with E-state index >= 15 is 0 Å². The second-order valence-electron chi connectivity index (χ2n) is 9.32. The third kappa shape index (κ3) is 18.7. The minimum Gasteiger partial charge on any atom is -0.426 e. The van der Waals surface area contributed by atoms with Crippen molar-refractivity contribution in [3.05, 3.63) is 10.1 Å². The number of nitrogens with zero attached hydrogens (tertiary/aromatic N) is 2. The highest BCUT2D eigenvalue weighted by Crippen LogP contribution is 2.17. The summed E-state index contributed by atoms with van der Waals surface area (Å²) in [6.45, 7) is 4.15. The first kappa shape index (κ1) is 32.8. The average molecular weight is 501 g/mol. The first-order chi connectivity index (χ1) is 16.6. The van der Waals surface area contributed by atoms with Crippen LogP contribution in [0.1, 0.15) is 90.9 Å². The third-order valence-corrected chi connectivity index (χ3v) is 5.57. The molecule has 0 fully saturated rings. The van der Waals surface area contributed by atoms with E-state index in [4.69, 9.17) is 10.8 Å². The zero-order valence-electron chi connectivity index (χ0n) is 21.2. The fraction of sp³-hybridized carbons (Fsp3) is 0.864. The number of Topliss-reactive ketones (excluding diaryl/α,β-unsaturated/α-hetero) is 1. The molecule has 2 atom stereocenters. The molecule has 0 aromatic carbocycles. The first-order valence-electron chi connectivity index (χ1n) is 12.6. The van der Waals surface area contributed by atoms with Gasteiger partial charge in [0.05, 0.1) is 5.94 Å². The van der Waals surface area contributed by atoms with Crippen LogP contribution in [-0.4, -0.2) is 64.0 Å². The number of hydrazine groups is 1. The van der Waals surface area contributed by atoms with Crippen LogP contribution in [0.3, 0.4) is 0 Å². The number of nitrogens with one attached hydrogen (secondary N) is 2. The predicted molar refractivity (Wildman–Crippen MR) is 135 cm³/mol. The van der Waals surface area contributed by atoms with E-state index in [1.165, 1.54) is 0 Å². The lowest BCUT2D eigenvalue weighted by Gasteiger charge is -2.23. The molecule has 7 N–H and O–H groups in total. The molecule has 0 aliphatic carbocycles. The van der Waals surface area contributed by atoms with Gasteiger partial charge in [0.1, 0.15) is 5.78 Å². The lowest BCUT2D eigenvalue weighted by atomic mass is 9.74. The van der Waals surface area contributed by atoms with E-state index in [0.717, 1.165) is 44.9 Å². The molecule has 0 heterocycles. The van der Waals surface area contributed by atoms with Gasteiger partial charge in [0.2, 0.25) is 5.91 Å². The molecule has 0 unspecified atom stereocenters. The lowest BCUT2D eigenvalue weighted by molar-refractivity contribution is -0.525. The van der Waals surface area contributed by atoms with E-state index in [-0.39, 0.29) is 37.2 Å². The van der Waals surface area contributed by atoms with Gasteiger partial charge in [-0.2, -0.15) is 0 Å². The number of rotatable bonds is 21. The second kappa shape index (κ2) is 20.0. The molecule has 35 heavy (non-hydrogen) atoms. The van der Waals surface area contributed by atoms with Crippen LogP contribution in [0.5, 0.6) is 0 Å². The maximum Gasteiger partial charge on any atom is 0.475 e. The van der Waals surface area contributed by atoms with E-state index in [1.807, 2.05) is 13.8 Å². The Morgan fingerprint density at radius 1 is 1.06 bits per heavy atom. The number of ketones is 1. The summed E-state index contributed by atoms with van der Waals surface area (Å²) in [6, 6.07) is 0. The van der Waals surface area contributed by atoms with E-state index in [1.54, 1.807) is 5.43 Å². The van der Waals surface area contributed by atoms with Gasteiger partial charge in [0.15, 0.2) is 5.03 Å². The van der Waals surface area contributed by atoms with Crippen molar-refractivity contribution in [1.29, 1.82) is 0 Å². The molecule has 0 bridgehead atoms. The molecule has 202 valence electrons. The molecule has 1 amide bonds. The maximum absolute atomic E-state index is 12.9. The molecule has 0 saturated heterocycles. The summed E-state index contributed by atoms with van der Waals surface area (Å²) in [6.07, 6.45) is 8.08. The summed E-state index contributed by atoms with van der Waals surface area (Å²) < 4.78 is 0. The summed E-state index contributed by atoms with van der Waals surface area (Å²) in [5.74, 6) is -2.20. The van der Waals surface area contributed by atoms with E-state index in [9.17, 15) is 29.8 Å². The normalized spacial score (nSPS) is 13.4. The quantitative estimate of drug-likeness (QED) is 0.0332. The van der Waals surface area contributed by atoms with Crippen molar-refractivity contribution in [2.45, 2.75) is 96.8 Å². The number of nitrogens with two attached hydrogens (primary N) is 1. The van der Waals surface area contributed by atoms with Gasteiger partial charge in [0, 0.05) is 31.9 Å². The molecule has 0 spiro atoms. The Balaban J connectivity index is 4.81. The molecule has 13 heteroatoms. The summed E-state index contributed by atoms with van der Waals surface area (Å²) in [7, 11) is -1.72. The van der Waals surface area contributed by atoms with Crippen LogP contribution < -0.4 is 16.5 Å². The number of aliphatic hydroxyl groups is 1. The van der Waals surface area contributed by atoms with Crippen LogP contribution in [0.4, 0.5) is 0 Å². The van der Waals surface area contributed by atoms with Crippen molar-refractivity contribution < 1.29 is 29.8 Å². The topological polar surface area (TPSA) is 200 Å². The van der Waals surface area contributed by atoms with Gasteiger partial charge < -0.3 is 26.2 Å². The molecule has 0 aromatic heterocycles. The van der Waals surface area contributed by atoms with Crippen LogP contribution in [-0.2, 0) is 9.59 Å². The molecule has 0 aliphatic rings. The minimum absolute atomic E-state index is 0.0323. The molecule has 12 nitrogen and oxygen atoms in total. The highest BCUT2D eigenvalue weighted by Gasteiger charge is 2.29. The van der Waals surface area contributed by atoms with Gasteiger partial charge in [0.25, 0.3) is 5.96 Å². The van der Waals surface area contributed by atoms with Crippen LogP contribution >= 0.6 is 0 Å². The number of hydrogen-bond donors (Lipinski definition) is 6. The van der Waals surface area contributed by atoms with Crippen molar-refractivity contribution in [2.24, 2.45) is 22.6 Å². The van der Waals surface area contributed by atoms with E-state index < -0.39 is 29.9 Å². The van der Waals surface area contributed by atoms with Crippen molar-refractivity contribution in [1.82, 2.24) is 10.7 Å². The minimum atomic E-state index is -1.72. The molecular weight excluding hydrogens is 457 g/mol. The maximum atomic E-state index is 12.9. The van der Waals surface area contributed by atoms with Crippen molar-refractivity contribution in [3.63, 3.8) is 0 Å². The molecule has 0 saturated carbocycles. The summed E-state index contributed by atoms with van der Waals surface area (Å²) in [5.41, 5.74) is 7.13. The Labute approximate surface area is 208 Å². The van der Waals surface area contributed by atoms with Gasteiger partial charge in [-0.15, -0.1) is 0 Å². The zero-order chi connectivity index (χ0) is 26.6. The van der Waals surface area contributed by atoms with Gasteiger partial charge in [-0.3, -0.25) is 9.59 Å². The lowest BCUT2D eigenvalue weighted by Crippen LogP contribution is -2.49. The van der Waals surface area contributed by atoms with Crippen LogP contribution in [0.2, 0.25) is 0 Å². The fourth-order valence-corrected chi connectivity index (χ4v) is 3.75. The number of carbonyl (C=O) groups excluding carboxylic acids is 2. The smallest absolute Gasteiger partial charge is 0.426 e. The van der Waals surface area contributed by atoms with Gasteiger partial charge in [-0.05, 0) is 38.0 Å². The van der Waals surface area contributed by atoms with Crippen molar-refractivity contribution in [3.8, 4) is 0 Å². The standard InChI is InChI=1S/C22H44BN5O7/c1-17(2)15-20(23(32)33)26-21(31)18(11-10-13-25-22(24)27-28(34)35)16-19(30)12-8-6-4-3-5-7-9-14-29/h17-18,20,29,32-33H,3-16H2,1-2H3,(H,26,31)(H3,24,25,27)/t18-,20+/m1/s1. The number of hydrogen-bond acceptors (Lipinski definition) is 8. The number of nitro groups is 1. The number of carbonyl (C=O) groups is 2. The van der Waals surface area contributed by atoms with Crippen LogP contribution in [0.25, 0.3) is 0 Å². The number of guanidine groups is 1. The Kier molecular flexibility index (Phi) is 18.7. The van der Waals surface area contributed by atoms with E-state index in [0.29, 0.717) is 25.7 Å². The van der Waals surface area contributed by atoms with Gasteiger partial charge in [-0.25, -0.2) is 15.1 Å². The number of unbranched alkanes of at least 4 members (excludes halogenated alkanes) is 6.